The number of amides is 1. The molecule has 3 aromatic carbocycles. The average molecular weight is 469 g/mol. The first-order valence-corrected chi connectivity index (χ1v) is 10.4. The molecule has 0 spiro atoms. The zero-order valence-corrected chi connectivity index (χ0v) is 17.7. The van der Waals surface area contributed by atoms with Crippen LogP contribution >= 0.6 is 0 Å². The molecule has 0 saturated heterocycles. The van der Waals surface area contributed by atoms with Crippen LogP contribution in [0.15, 0.2) is 55.1 Å². The van der Waals surface area contributed by atoms with Gasteiger partial charge in [0, 0.05) is 40.5 Å². The van der Waals surface area contributed by atoms with E-state index in [1.54, 1.807) is 17.0 Å². The van der Waals surface area contributed by atoms with Gasteiger partial charge < -0.3 is 20.7 Å². The summed E-state index contributed by atoms with van der Waals surface area (Å²) in [6, 6.07) is 9.54. The predicted octanol–water partition coefficient (Wildman–Crippen LogP) is 5.12. The fraction of sp³-hybridized carbons (Fsp3) is 0.160. The monoisotopic (exact) mass is 469 g/mol. The van der Waals surface area contributed by atoms with Crippen LogP contribution in [0.5, 0.6) is 0 Å². The fourth-order valence-corrected chi connectivity index (χ4v) is 4.69. The van der Waals surface area contributed by atoms with E-state index in [0.29, 0.717) is 22.9 Å². The predicted molar refractivity (Wildman–Crippen MR) is 120 cm³/mol. The highest BCUT2D eigenvalue weighted by molar-refractivity contribution is 6.15. The molecule has 1 aliphatic heterocycles. The van der Waals surface area contributed by atoms with Crippen LogP contribution in [0, 0.1) is 5.82 Å². The van der Waals surface area contributed by atoms with Crippen molar-refractivity contribution in [3.8, 4) is 11.1 Å². The number of carbonyl (C=O) groups is 1. The first-order valence-electron chi connectivity index (χ1n) is 10.4. The molecule has 4 N–H and O–H groups in total. The molecule has 174 valence electrons. The van der Waals surface area contributed by atoms with Gasteiger partial charge in [-0.1, -0.05) is 30.8 Å². The summed E-state index contributed by atoms with van der Waals surface area (Å²) in [4.78, 5) is 16.6. The number of halogens is 4. The molecule has 0 radical (unpaired) electrons. The molecule has 0 saturated carbocycles. The Morgan fingerprint density at radius 1 is 1.21 bits per heavy atom. The Morgan fingerprint density at radius 2 is 1.97 bits per heavy atom. The summed E-state index contributed by atoms with van der Waals surface area (Å²) < 4.78 is 55.5. The SMILES string of the molecule is C=CC(=O)N1Cc2cccc(-c3c(F)cc(C(N)O)c4[nH]c5cc(C(F)(F)F)ccc5c34)c2C1. The van der Waals surface area contributed by atoms with Crippen molar-refractivity contribution in [3.05, 3.63) is 83.2 Å². The number of carbonyl (C=O) groups excluding carboxylic acids is 1. The van der Waals surface area contributed by atoms with Crippen molar-refractivity contribution >= 4 is 27.7 Å². The molecule has 0 bridgehead atoms. The van der Waals surface area contributed by atoms with Gasteiger partial charge in [-0.15, -0.1) is 0 Å². The molecule has 1 unspecified atom stereocenters. The molecule has 1 aliphatic rings. The van der Waals surface area contributed by atoms with E-state index in [1.807, 2.05) is 6.07 Å². The minimum absolute atomic E-state index is 0.0250. The van der Waals surface area contributed by atoms with Crippen LogP contribution < -0.4 is 5.73 Å². The summed E-state index contributed by atoms with van der Waals surface area (Å²) in [5.41, 5.74) is 7.44. The fourth-order valence-electron chi connectivity index (χ4n) is 4.69. The van der Waals surface area contributed by atoms with Gasteiger partial charge in [0.25, 0.3) is 0 Å². The Kier molecular flexibility index (Phi) is 5.00. The second kappa shape index (κ2) is 7.68. The number of H-pyrrole nitrogens is 1. The first-order chi connectivity index (χ1) is 16.1. The standard InChI is InChI=1S/C25H19F4N3O2/c1-2-20(33)32-10-12-4-3-5-14(17(12)11-32)21-18(26)9-16(24(30)34)23-22(21)15-7-6-13(25(27,28)29)8-19(15)31-23/h2-9,24,31,34H,1,10-11,30H2. The molecule has 1 atom stereocenters. The molecule has 5 nitrogen and oxygen atoms in total. The van der Waals surface area contributed by atoms with E-state index in [0.717, 1.165) is 29.3 Å². The molecule has 0 fully saturated rings. The van der Waals surface area contributed by atoms with Crippen molar-refractivity contribution in [1.29, 1.82) is 0 Å². The number of benzene rings is 3. The lowest BCUT2D eigenvalue weighted by Gasteiger charge is -2.15. The molecule has 4 aromatic rings. The van der Waals surface area contributed by atoms with Crippen molar-refractivity contribution in [2.75, 3.05) is 0 Å². The maximum absolute atomic E-state index is 15.6. The van der Waals surface area contributed by atoms with E-state index >= 15 is 4.39 Å². The van der Waals surface area contributed by atoms with Gasteiger partial charge in [0.1, 0.15) is 12.0 Å². The maximum atomic E-state index is 15.6. The van der Waals surface area contributed by atoms with Gasteiger partial charge in [0.2, 0.25) is 5.91 Å². The second-order valence-electron chi connectivity index (χ2n) is 8.24. The largest absolute Gasteiger partial charge is 0.416 e. The summed E-state index contributed by atoms with van der Waals surface area (Å²) in [6.07, 6.45) is -4.90. The molecule has 1 aromatic heterocycles. The summed E-state index contributed by atoms with van der Waals surface area (Å²) in [6.45, 7) is 4.08. The van der Waals surface area contributed by atoms with Gasteiger partial charge in [-0.3, -0.25) is 4.79 Å². The van der Waals surface area contributed by atoms with Crippen molar-refractivity contribution in [3.63, 3.8) is 0 Å². The summed E-state index contributed by atoms with van der Waals surface area (Å²) in [5, 5.41) is 10.7. The summed E-state index contributed by atoms with van der Waals surface area (Å²) in [7, 11) is 0. The molecular weight excluding hydrogens is 450 g/mol. The van der Waals surface area contributed by atoms with E-state index in [2.05, 4.69) is 11.6 Å². The lowest BCUT2D eigenvalue weighted by atomic mass is 9.91. The van der Waals surface area contributed by atoms with Crippen molar-refractivity contribution in [1.82, 2.24) is 9.88 Å². The number of fused-ring (bicyclic) bond motifs is 4. The Bertz CT molecular complexity index is 1490. The number of hydrogen-bond acceptors (Lipinski definition) is 3. The minimum atomic E-state index is -4.56. The van der Waals surface area contributed by atoms with Crippen molar-refractivity contribution < 1.29 is 27.5 Å². The van der Waals surface area contributed by atoms with Crippen LogP contribution in [0.1, 0.15) is 28.5 Å². The zero-order valence-electron chi connectivity index (χ0n) is 17.7. The third-order valence-electron chi connectivity index (χ3n) is 6.24. The van der Waals surface area contributed by atoms with E-state index in [9.17, 15) is 23.1 Å². The second-order valence-corrected chi connectivity index (χ2v) is 8.24. The number of aromatic amines is 1. The highest BCUT2D eigenvalue weighted by Crippen LogP contribution is 2.43. The number of aliphatic hydroxyl groups is 1. The zero-order chi connectivity index (χ0) is 24.4. The number of alkyl halides is 3. The summed E-state index contributed by atoms with van der Waals surface area (Å²) in [5.74, 6) is -0.948. The van der Waals surface area contributed by atoms with Crippen LogP contribution in [-0.2, 0) is 24.1 Å². The number of rotatable bonds is 3. The summed E-state index contributed by atoms with van der Waals surface area (Å²) >= 11 is 0. The topological polar surface area (TPSA) is 82.3 Å². The van der Waals surface area contributed by atoms with E-state index in [1.165, 1.54) is 12.1 Å². The molecule has 2 heterocycles. The third-order valence-corrected chi connectivity index (χ3v) is 6.24. The van der Waals surface area contributed by atoms with E-state index in [-0.39, 0.29) is 34.6 Å². The third kappa shape index (κ3) is 3.36. The normalized spacial score (nSPS) is 14.6. The van der Waals surface area contributed by atoms with Crippen molar-refractivity contribution in [2.45, 2.75) is 25.5 Å². The highest BCUT2D eigenvalue weighted by Gasteiger charge is 2.32. The smallest absolute Gasteiger partial charge is 0.374 e. The van der Waals surface area contributed by atoms with Gasteiger partial charge >= 0.3 is 6.18 Å². The van der Waals surface area contributed by atoms with E-state index < -0.39 is 23.8 Å². The van der Waals surface area contributed by atoms with Crippen LogP contribution in [0.3, 0.4) is 0 Å². The van der Waals surface area contributed by atoms with Crippen molar-refractivity contribution in [2.24, 2.45) is 5.73 Å². The van der Waals surface area contributed by atoms with Crippen LogP contribution in [0.2, 0.25) is 0 Å². The van der Waals surface area contributed by atoms with Gasteiger partial charge in [0.05, 0.1) is 11.1 Å². The lowest BCUT2D eigenvalue weighted by Crippen LogP contribution is -2.22. The molecule has 5 rings (SSSR count). The Hall–Kier alpha value is -3.69. The number of nitrogens with zero attached hydrogens (tertiary/aromatic N) is 1. The maximum Gasteiger partial charge on any atom is 0.416 e. The number of hydrogen-bond donors (Lipinski definition) is 3. The van der Waals surface area contributed by atoms with Gasteiger partial charge in [0.15, 0.2) is 0 Å². The molecular formula is C25H19F4N3O2. The van der Waals surface area contributed by atoms with Gasteiger partial charge in [-0.05, 0) is 41.0 Å². The molecule has 0 aliphatic carbocycles. The van der Waals surface area contributed by atoms with Crippen LogP contribution in [0.25, 0.3) is 32.9 Å². The van der Waals surface area contributed by atoms with Crippen LogP contribution in [-0.4, -0.2) is 20.9 Å². The number of nitrogens with one attached hydrogen (secondary N) is 1. The number of nitrogens with two attached hydrogens (primary N) is 1. The van der Waals surface area contributed by atoms with Gasteiger partial charge in [-0.2, -0.15) is 13.2 Å². The quantitative estimate of drug-likeness (QED) is 0.221. The number of aliphatic hydroxyl groups excluding tert-OH is 1. The molecule has 1 amide bonds. The number of aromatic nitrogens is 1. The Labute approximate surface area is 191 Å². The van der Waals surface area contributed by atoms with Crippen LogP contribution in [0.4, 0.5) is 17.6 Å². The average Bonchev–Trinajstić information content (AvgIpc) is 3.39. The molecule has 34 heavy (non-hydrogen) atoms. The first kappa shape index (κ1) is 22.1. The Balaban J connectivity index is 1.83. The van der Waals surface area contributed by atoms with Gasteiger partial charge in [-0.25, -0.2) is 4.39 Å². The van der Waals surface area contributed by atoms with E-state index in [4.69, 9.17) is 5.73 Å². The lowest BCUT2D eigenvalue weighted by molar-refractivity contribution is -0.137. The highest BCUT2D eigenvalue weighted by atomic mass is 19.4. The minimum Gasteiger partial charge on any atom is -0.374 e. The molecule has 9 heteroatoms. The Morgan fingerprint density at radius 3 is 2.65 bits per heavy atom.